The highest BCUT2D eigenvalue weighted by Gasteiger charge is 2.27. The molecular weight excluding hydrogens is 248 g/mol. The lowest BCUT2D eigenvalue weighted by Gasteiger charge is -2.40. The molecule has 2 rings (SSSR count). The molecule has 0 amide bonds. The second-order valence-corrected chi connectivity index (χ2v) is 7.07. The number of ether oxygens (including phenoxy) is 1. The van der Waals surface area contributed by atoms with E-state index in [-0.39, 0.29) is 0 Å². The van der Waals surface area contributed by atoms with Gasteiger partial charge in [0.15, 0.2) is 0 Å². The average molecular weight is 282 g/mol. The maximum atomic E-state index is 6.05. The molecule has 1 saturated heterocycles. The third-order valence-corrected chi connectivity index (χ3v) is 4.87. The fraction of sp³-hybridized carbons (Fsp3) is 1.00. The molecule has 1 aliphatic heterocycles. The van der Waals surface area contributed by atoms with E-state index < -0.39 is 0 Å². The van der Waals surface area contributed by atoms with E-state index in [1.165, 1.54) is 45.1 Å². The Morgan fingerprint density at radius 1 is 1.25 bits per heavy atom. The molecule has 1 aliphatic carbocycles. The van der Waals surface area contributed by atoms with Crippen molar-refractivity contribution in [2.75, 3.05) is 26.2 Å². The first-order valence-corrected chi connectivity index (χ1v) is 8.78. The Balaban J connectivity index is 1.72. The zero-order chi connectivity index (χ0) is 14.4. The van der Waals surface area contributed by atoms with Gasteiger partial charge in [-0.3, -0.25) is 4.90 Å². The van der Waals surface area contributed by atoms with Crippen molar-refractivity contribution < 1.29 is 4.74 Å². The van der Waals surface area contributed by atoms with Gasteiger partial charge in [-0.05, 0) is 31.6 Å². The molecule has 3 nitrogen and oxygen atoms in total. The van der Waals surface area contributed by atoms with Gasteiger partial charge in [-0.2, -0.15) is 0 Å². The summed E-state index contributed by atoms with van der Waals surface area (Å²) in [5.74, 6) is 0.780. The minimum atomic E-state index is 0.560. The summed E-state index contributed by atoms with van der Waals surface area (Å²) in [6.45, 7) is 11.3. The Hall–Kier alpha value is -0.120. The van der Waals surface area contributed by atoms with Gasteiger partial charge in [-0.25, -0.2) is 0 Å². The molecule has 1 saturated carbocycles. The Kier molecular flexibility index (Phi) is 6.79. The smallest absolute Gasteiger partial charge is 0.0597 e. The first-order valence-electron chi connectivity index (χ1n) is 8.78. The molecule has 3 heteroatoms. The van der Waals surface area contributed by atoms with Gasteiger partial charge in [-0.15, -0.1) is 0 Å². The lowest BCUT2D eigenvalue weighted by atomic mass is 9.99. The van der Waals surface area contributed by atoms with Gasteiger partial charge in [-0.1, -0.05) is 33.6 Å². The van der Waals surface area contributed by atoms with Gasteiger partial charge >= 0.3 is 0 Å². The SMILES string of the molecule is CCC1CNC(CC(C)C)CN1CCOC1CCCC1. The summed E-state index contributed by atoms with van der Waals surface area (Å²) in [4.78, 5) is 2.67. The van der Waals surface area contributed by atoms with E-state index in [0.29, 0.717) is 18.2 Å². The predicted molar refractivity (Wildman–Crippen MR) is 85.1 cm³/mol. The molecular formula is C17H34N2O. The summed E-state index contributed by atoms with van der Waals surface area (Å²) >= 11 is 0. The Morgan fingerprint density at radius 3 is 2.65 bits per heavy atom. The molecule has 1 N–H and O–H groups in total. The van der Waals surface area contributed by atoms with E-state index in [9.17, 15) is 0 Å². The van der Waals surface area contributed by atoms with Crippen LogP contribution in [0.4, 0.5) is 0 Å². The Morgan fingerprint density at radius 2 is 2.00 bits per heavy atom. The summed E-state index contributed by atoms with van der Waals surface area (Å²) in [5, 5.41) is 3.73. The molecule has 1 heterocycles. The van der Waals surface area contributed by atoms with Crippen LogP contribution in [0.5, 0.6) is 0 Å². The lowest BCUT2D eigenvalue weighted by Crippen LogP contribution is -2.57. The van der Waals surface area contributed by atoms with Crippen molar-refractivity contribution in [2.45, 2.75) is 77.5 Å². The predicted octanol–water partition coefficient (Wildman–Crippen LogP) is 3.04. The highest BCUT2D eigenvalue weighted by molar-refractivity contribution is 4.86. The third-order valence-electron chi connectivity index (χ3n) is 4.87. The van der Waals surface area contributed by atoms with Crippen LogP contribution in [-0.2, 0) is 4.74 Å². The fourth-order valence-electron chi connectivity index (χ4n) is 3.72. The van der Waals surface area contributed by atoms with Gasteiger partial charge in [0.25, 0.3) is 0 Å². The van der Waals surface area contributed by atoms with Crippen molar-refractivity contribution in [3.63, 3.8) is 0 Å². The fourth-order valence-corrected chi connectivity index (χ4v) is 3.72. The van der Waals surface area contributed by atoms with Crippen molar-refractivity contribution >= 4 is 0 Å². The Labute approximate surface area is 125 Å². The standard InChI is InChI=1S/C17H34N2O/c1-4-16-12-18-15(11-14(2)3)13-19(16)9-10-20-17-7-5-6-8-17/h14-18H,4-13H2,1-3H3. The quantitative estimate of drug-likeness (QED) is 0.777. The second kappa shape index (κ2) is 8.35. The molecule has 20 heavy (non-hydrogen) atoms. The van der Waals surface area contributed by atoms with Crippen molar-refractivity contribution in [3.8, 4) is 0 Å². The molecule has 2 unspecified atom stereocenters. The number of nitrogens with zero attached hydrogens (tertiary/aromatic N) is 1. The van der Waals surface area contributed by atoms with Crippen LogP contribution in [0.25, 0.3) is 0 Å². The number of nitrogens with one attached hydrogen (secondary N) is 1. The van der Waals surface area contributed by atoms with E-state index in [2.05, 4.69) is 31.0 Å². The number of rotatable bonds is 7. The summed E-state index contributed by atoms with van der Waals surface area (Å²) in [7, 11) is 0. The van der Waals surface area contributed by atoms with Crippen molar-refractivity contribution in [1.82, 2.24) is 10.2 Å². The molecule has 2 atom stereocenters. The van der Waals surface area contributed by atoms with Crippen LogP contribution in [0.15, 0.2) is 0 Å². The van der Waals surface area contributed by atoms with Crippen LogP contribution in [0.3, 0.4) is 0 Å². The van der Waals surface area contributed by atoms with Crippen LogP contribution < -0.4 is 5.32 Å². The minimum absolute atomic E-state index is 0.560. The van der Waals surface area contributed by atoms with E-state index in [0.717, 1.165) is 25.6 Å². The first-order chi connectivity index (χ1) is 9.69. The molecule has 0 radical (unpaired) electrons. The van der Waals surface area contributed by atoms with Crippen molar-refractivity contribution in [3.05, 3.63) is 0 Å². The minimum Gasteiger partial charge on any atom is -0.377 e. The maximum Gasteiger partial charge on any atom is 0.0597 e. The Bertz CT molecular complexity index is 264. The van der Waals surface area contributed by atoms with Crippen LogP contribution >= 0.6 is 0 Å². The summed E-state index contributed by atoms with van der Waals surface area (Å²) in [6, 6.07) is 1.37. The van der Waals surface area contributed by atoms with Crippen LogP contribution in [0.2, 0.25) is 0 Å². The number of piperazine rings is 1. The normalized spacial score (nSPS) is 29.4. The number of hydrogen-bond donors (Lipinski definition) is 1. The van der Waals surface area contributed by atoms with E-state index in [1.807, 2.05) is 0 Å². The van der Waals surface area contributed by atoms with Crippen molar-refractivity contribution in [1.29, 1.82) is 0 Å². The number of hydrogen-bond acceptors (Lipinski definition) is 3. The largest absolute Gasteiger partial charge is 0.377 e. The van der Waals surface area contributed by atoms with E-state index in [1.54, 1.807) is 0 Å². The highest BCUT2D eigenvalue weighted by atomic mass is 16.5. The molecule has 2 aliphatic rings. The summed E-state index contributed by atoms with van der Waals surface area (Å²) in [5.41, 5.74) is 0. The first kappa shape index (κ1) is 16.3. The van der Waals surface area contributed by atoms with Gasteiger partial charge in [0, 0.05) is 31.7 Å². The van der Waals surface area contributed by atoms with Gasteiger partial charge in [0.1, 0.15) is 0 Å². The van der Waals surface area contributed by atoms with E-state index >= 15 is 0 Å². The zero-order valence-electron chi connectivity index (χ0n) is 13.7. The monoisotopic (exact) mass is 282 g/mol. The molecule has 0 aromatic heterocycles. The third kappa shape index (κ3) is 5.01. The zero-order valence-corrected chi connectivity index (χ0v) is 13.7. The maximum absolute atomic E-state index is 6.05. The molecule has 0 aromatic rings. The molecule has 0 aromatic carbocycles. The summed E-state index contributed by atoms with van der Waals surface area (Å²) < 4.78 is 6.05. The van der Waals surface area contributed by atoms with Crippen LogP contribution in [0, 0.1) is 5.92 Å². The molecule has 2 fully saturated rings. The molecule has 0 bridgehead atoms. The lowest BCUT2D eigenvalue weighted by molar-refractivity contribution is 0.0221. The second-order valence-electron chi connectivity index (χ2n) is 7.07. The molecule has 118 valence electrons. The average Bonchev–Trinajstić information content (AvgIpc) is 2.91. The topological polar surface area (TPSA) is 24.5 Å². The summed E-state index contributed by atoms with van der Waals surface area (Å²) in [6.07, 6.45) is 8.40. The van der Waals surface area contributed by atoms with E-state index in [4.69, 9.17) is 4.74 Å². The van der Waals surface area contributed by atoms with Crippen molar-refractivity contribution in [2.24, 2.45) is 5.92 Å². The van der Waals surface area contributed by atoms with Crippen LogP contribution in [-0.4, -0.2) is 49.3 Å². The van der Waals surface area contributed by atoms with Gasteiger partial charge in [0.05, 0.1) is 12.7 Å². The van der Waals surface area contributed by atoms with Gasteiger partial charge in [0.2, 0.25) is 0 Å². The van der Waals surface area contributed by atoms with Gasteiger partial charge < -0.3 is 10.1 Å². The van der Waals surface area contributed by atoms with Crippen LogP contribution in [0.1, 0.15) is 59.3 Å². The molecule has 0 spiro atoms. The highest BCUT2D eigenvalue weighted by Crippen LogP contribution is 2.21.